The lowest BCUT2D eigenvalue weighted by Crippen LogP contribution is -2.37. The molecule has 0 aliphatic heterocycles. The van der Waals surface area contributed by atoms with Gasteiger partial charge in [0.25, 0.3) is 0 Å². The van der Waals surface area contributed by atoms with Crippen LogP contribution in [0, 0.1) is 0 Å². The summed E-state index contributed by atoms with van der Waals surface area (Å²) in [6, 6.07) is -0.834. The maximum absolute atomic E-state index is 10.5. The van der Waals surface area contributed by atoms with Crippen molar-refractivity contribution in [1.29, 1.82) is 0 Å². The van der Waals surface area contributed by atoms with Gasteiger partial charge < -0.3 is 4.90 Å². The lowest BCUT2D eigenvalue weighted by atomic mass is 10.5. The number of urea groups is 1. The average molecular weight is 218 g/mol. The molecule has 0 aromatic heterocycles. The summed E-state index contributed by atoms with van der Waals surface area (Å²) in [6.45, 7) is 2.04. The first-order chi connectivity index (χ1) is 4.87. The van der Waals surface area contributed by atoms with Gasteiger partial charge >= 0.3 is 6.03 Å². The Labute approximate surface area is 80.4 Å². The zero-order valence-corrected chi connectivity index (χ0v) is 8.17. The molecule has 0 atom stereocenters. The fourth-order valence-corrected chi connectivity index (χ4v) is 0.976. The first-order valence-corrected chi connectivity index (χ1v) is 4.07. The van der Waals surface area contributed by atoms with Crippen LogP contribution in [0.4, 0.5) is 4.79 Å². The van der Waals surface area contributed by atoms with E-state index in [1.54, 1.807) is 6.92 Å². The molecule has 0 aliphatic carbocycles. The fraction of sp³-hybridized carbons (Fsp3) is 0.800. The van der Waals surface area contributed by atoms with Crippen molar-refractivity contribution < 1.29 is 4.79 Å². The summed E-state index contributed by atoms with van der Waals surface area (Å²) in [5.41, 5.74) is 6.73. The van der Waals surface area contributed by atoms with Crippen LogP contribution in [0.1, 0.15) is 6.92 Å². The monoisotopic (exact) mass is 217 g/mol. The minimum atomic E-state index is -1.49. The standard InChI is InChI=1S/C5H8Cl3N2O/c1-2-10(4(9)11)3-5(6,7)8/h9H,2-3H2,1H3. The molecule has 0 aliphatic rings. The first kappa shape index (κ1) is 11.1. The molecule has 0 unspecified atom stereocenters. The van der Waals surface area contributed by atoms with Crippen molar-refractivity contribution in [1.82, 2.24) is 10.6 Å². The van der Waals surface area contributed by atoms with Crippen molar-refractivity contribution in [2.24, 2.45) is 0 Å². The fourth-order valence-electron chi connectivity index (χ4n) is 0.544. The first-order valence-electron chi connectivity index (χ1n) is 2.94. The highest BCUT2D eigenvalue weighted by atomic mass is 35.6. The number of hydrogen-bond acceptors (Lipinski definition) is 1. The molecule has 0 saturated carbocycles. The number of carbonyl (C=O) groups excluding carboxylic acids is 1. The van der Waals surface area contributed by atoms with Gasteiger partial charge in [0.2, 0.25) is 3.79 Å². The Morgan fingerprint density at radius 1 is 1.55 bits per heavy atom. The van der Waals surface area contributed by atoms with Crippen LogP contribution in [0.15, 0.2) is 0 Å². The van der Waals surface area contributed by atoms with E-state index in [1.165, 1.54) is 0 Å². The molecule has 3 nitrogen and oxygen atoms in total. The second kappa shape index (κ2) is 4.24. The largest absolute Gasteiger partial charge is 0.336 e. The lowest BCUT2D eigenvalue weighted by Gasteiger charge is -2.21. The molecular formula is C5H8Cl3N2O. The third-order valence-corrected chi connectivity index (χ3v) is 1.40. The van der Waals surface area contributed by atoms with Gasteiger partial charge in [-0.3, -0.25) is 0 Å². The van der Waals surface area contributed by atoms with Gasteiger partial charge in [-0.1, -0.05) is 34.8 Å². The minimum absolute atomic E-state index is 0.0451. The maximum Gasteiger partial charge on any atom is 0.336 e. The van der Waals surface area contributed by atoms with Gasteiger partial charge in [0.1, 0.15) is 0 Å². The normalized spacial score (nSPS) is 11.3. The topological polar surface area (TPSA) is 44.1 Å². The number of halogens is 3. The van der Waals surface area contributed by atoms with E-state index in [4.69, 9.17) is 40.5 Å². The van der Waals surface area contributed by atoms with Gasteiger partial charge in [-0.25, -0.2) is 10.5 Å². The molecule has 6 heteroatoms. The van der Waals surface area contributed by atoms with Crippen LogP contribution in [-0.2, 0) is 0 Å². The van der Waals surface area contributed by atoms with Crippen LogP contribution >= 0.6 is 34.8 Å². The van der Waals surface area contributed by atoms with Crippen LogP contribution < -0.4 is 5.73 Å². The molecular weight excluding hydrogens is 210 g/mol. The van der Waals surface area contributed by atoms with Crippen LogP contribution in [0.3, 0.4) is 0 Å². The zero-order valence-electron chi connectivity index (χ0n) is 5.90. The van der Waals surface area contributed by atoms with Gasteiger partial charge in [-0.05, 0) is 6.92 Å². The molecule has 2 amide bonds. The highest BCUT2D eigenvalue weighted by molar-refractivity contribution is 6.67. The summed E-state index contributed by atoms with van der Waals surface area (Å²) in [5.74, 6) is 0. The Hall–Kier alpha value is 0.140. The van der Waals surface area contributed by atoms with Gasteiger partial charge in [-0.2, -0.15) is 0 Å². The summed E-state index contributed by atoms with van der Waals surface area (Å²) in [5, 5.41) is 0. The summed E-state index contributed by atoms with van der Waals surface area (Å²) < 4.78 is -1.49. The van der Waals surface area contributed by atoms with Gasteiger partial charge in [0, 0.05) is 6.54 Å². The summed E-state index contributed by atoms with van der Waals surface area (Å²) in [6.07, 6.45) is 0. The molecule has 0 spiro atoms. The van der Waals surface area contributed by atoms with Crippen LogP contribution in [0.2, 0.25) is 0 Å². The Bertz CT molecular complexity index is 145. The van der Waals surface area contributed by atoms with Gasteiger partial charge in [-0.15, -0.1) is 0 Å². The molecule has 1 N–H and O–H groups in total. The number of carbonyl (C=O) groups is 1. The van der Waals surface area contributed by atoms with E-state index in [0.29, 0.717) is 6.54 Å². The number of nitrogens with zero attached hydrogens (tertiary/aromatic N) is 1. The third-order valence-electron chi connectivity index (χ3n) is 1.04. The second-order valence-electron chi connectivity index (χ2n) is 1.93. The van der Waals surface area contributed by atoms with Crippen molar-refractivity contribution in [3.05, 3.63) is 0 Å². The zero-order chi connectivity index (χ0) is 9.07. The highest BCUT2D eigenvalue weighted by Gasteiger charge is 2.24. The van der Waals surface area contributed by atoms with E-state index >= 15 is 0 Å². The quantitative estimate of drug-likeness (QED) is 0.655. The van der Waals surface area contributed by atoms with E-state index in [2.05, 4.69) is 0 Å². The van der Waals surface area contributed by atoms with E-state index in [9.17, 15) is 4.79 Å². The average Bonchev–Trinajstić information content (AvgIpc) is 1.80. The summed E-state index contributed by atoms with van der Waals surface area (Å²) in [7, 11) is 0. The molecule has 0 aromatic rings. The van der Waals surface area contributed by atoms with Crippen LogP contribution in [0.25, 0.3) is 0 Å². The molecule has 0 rings (SSSR count). The highest BCUT2D eigenvalue weighted by Crippen LogP contribution is 2.26. The Balaban J connectivity index is 3.99. The number of rotatable bonds is 2. The Morgan fingerprint density at radius 2 is 2.00 bits per heavy atom. The van der Waals surface area contributed by atoms with Crippen molar-refractivity contribution >= 4 is 40.8 Å². The minimum Gasteiger partial charge on any atom is -0.319 e. The predicted molar refractivity (Wildman–Crippen MR) is 46.0 cm³/mol. The Morgan fingerprint density at radius 3 is 2.09 bits per heavy atom. The van der Waals surface area contributed by atoms with E-state index in [0.717, 1.165) is 4.90 Å². The lowest BCUT2D eigenvalue weighted by molar-refractivity contribution is 0.210. The van der Waals surface area contributed by atoms with Crippen molar-refractivity contribution in [3.63, 3.8) is 0 Å². The second-order valence-corrected chi connectivity index (χ2v) is 4.45. The Kier molecular flexibility index (Phi) is 4.29. The number of alkyl halides is 3. The molecule has 0 saturated heterocycles. The third kappa shape index (κ3) is 5.41. The SMILES string of the molecule is CCN(CC(Cl)(Cl)Cl)C([NH])=O. The number of nitrogens with one attached hydrogen (secondary N) is 1. The molecule has 0 aromatic carbocycles. The number of hydrogen-bond donors (Lipinski definition) is 0. The van der Waals surface area contributed by atoms with E-state index < -0.39 is 9.82 Å². The maximum atomic E-state index is 10.5. The smallest absolute Gasteiger partial charge is 0.319 e. The molecule has 1 radical (unpaired) electrons. The molecule has 65 valence electrons. The van der Waals surface area contributed by atoms with Crippen molar-refractivity contribution in [3.8, 4) is 0 Å². The molecule has 0 heterocycles. The summed E-state index contributed by atoms with van der Waals surface area (Å²) in [4.78, 5) is 11.6. The number of amides is 2. The summed E-state index contributed by atoms with van der Waals surface area (Å²) >= 11 is 16.2. The van der Waals surface area contributed by atoms with Crippen LogP contribution in [0.5, 0.6) is 0 Å². The molecule has 0 bridgehead atoms. The van der Waals surface area contributed by atoms with Crippen molar-refractivity contribution in [2.75, 3.05) is 13.1 Å². The predicted octanol–water partition coefficient (Wildman–Crippen LogP) is 2.08. The van der Waals surface area contributed by atoms with E-state index in [1.807, 2.05) is 0 Å². The van der Waals surface area contributed by atoms with Gasteiger partial charge in [0.05, 0.1) is 6.54 Å². The van der Waals surface area contributed by atoms with Crippen molar-refractivity contribution in [2.45, 2.75) is 10.7 Å². The van der Waals surface area contributed by atoms with Crippen LogP contribution in [-0.4, -0.2) is 27.8 Å². The van der Waals surface area contributed by atoms with Gasteiger partial charge in [0.15, 0.2) is 0 Å². The molecule has 0 fully saturated rings. The molecule has 11 heavy (non-hydrogen) atoms. The van der Waals surface area contributed by atoms with E-state index in [-0.39, 0.29) is 6.54 Å².